The van der Waals surface area contributed by atoms with Crippen molar-refractivity contribution in [3.8, 4) is 0 Å². The van der Waals surface area contributed by atoms with Gasteiger partial charge in [-0.1, -0.05) is 31.5 Å². The van der Waals surface area contributed by atoms with Gasteiger partial charge in [0.1, 0.15) is 0 Å². The van der Waals surface area contributed by atoms with Crippen LogP contribution in [0, 0.1) is 5.92 Å². The molecule has 1 saturated carbocycles. The van der Waals surface area contributed by atoms with Gasteiger partial charge in [0.05, 0.1) is 5.60 Å². The van der Waals surface area contributed by atoms with Gasteiger partial charge in [-0.2, -0.15) is 0 Å². The molecule has 2 aromatic rings. The Hall–Kier alpha value is -1.32. The number of H-pyrrole nitrogens is 1. The van der Waals surface area contributed by atoms with Crippen LogP contribution in [0.15, 0.2) is 30.5 Å². The highest BCUT2D eigenvalue weighted by atomic mass is 16.3. The Labute approximate surface area is 126 Å². The highest BCUT2D eigenvalue weighted by molar-refractivity contribution is 5.82. The molecular weight excluding hydrogens is 260 g/mol. The van der Waals surface area contributed by atoms with Gasteiger partial charge in [-0.15, -0.1) is 0 Å². The van der Waals surface area contributed by atoms with Crippen molar-refractivity contribution in [1.82, 2.24) is 10.3 Å². The highest BCUT2D eigenvalue weighted by Gasteiger charge is 2.32. The lowest BCUT2D eigenvalue weighted by Gasteiger charge is -2.36. The number of benzene rings is 1. The van der Waals surface area contributed by atoms with E-state index in [0.717, 1.165) is 25.3 Å². The first-order chi connectivity index (χ1) is 10.2. The summed E-state index contributed by atoms with van der Waals surface area (Å²) in [7, 11) is 0. The zero-order valence-corrected chi connectivity index (χ0v) is 12.9. The minimum atomic E-state index is -0.502. The molecule has 3 N–H and O–H groups in total. The van der Waals surface area contributed by atoms with E-state index in [2.05, 4.69) is 41.6 Å². The zero-order chi connectivity index (χ0) is 14.7. The van der Waals surface area contributed by atoms with E-state index < -0.39 is 5.60 Å². The molecule has 0 saturated heterocycles. The minimum absolute atomic E-state index is 0.502. The first-order valence-corrected chi connectivity index (χ1v) is 8.18. The molecule has 3 nitrogen and oxygen atoms in total. The molecular formula is C18H26N2O. The summed E-state index contributed by atoms with van der Waals surface area (Å²) in [6.07, 6.45) is 7.52. The molecule has 114 valence electrons. The Balaban J connectivity index is 1.54. The van der Waals surface area contributed by atoms with Crippen molar-refractivity contribution in [2.45, 2.75) is 51.2 Å². The Morgan fingerprint density at radius 3 is 2.81 bits per heavy atom. The number of hydrogen-bond donors (Lipinski definition) is 3. The molecule has 1 fully saturated rings. The van der Waals surface area contributed by atoms with Gasteiger partial charge < -0.3 is 15.4 Å². The number of aromatic amines is 1. The molecule has 1 aromatic heterocycles. The molecule has 0 atom stereocenters. The summed E-state index contributed by atoms with van der Waals surface area (Å²) in [5, 5.41) is 15.4. The van der Waals surface area contributed by atoms with E-state index in [0.29, 0.717) is 6.54 Å². The smallest absolute Gasteiger partial charge is 0.0771 e. The van der Waals surface area contributed by atoms with Gasteiger partial charge in [-0.25, -0.2) is 0 Å². The Bertz CT molecular complexity index is 582. The van der Waals surface area contributed by atoms with Gasteiger partial charge in [0.2, 0.25) is 0 Å². The molecule has 0 bridgehead atoms. The van der Waals surface area contributed by atoms with Gasteiger partial charge in [0.15, 0.2) is 0 Å². The molecule has 0 unspecified atom stereocenters. The fraction of sp³-hybridized carbons (Fsp3) is 0.556. The zero-order valence-electron chi connectivity index (χ0n) is 12.9. The molecule has 1 heterocycles. The molecule has 1 aromatic carbocycles. The Morgan fingerprint density at radius 1 is 1.29 bits per heavy atom. The summed E-state index contributed by atoms with van der Waals surface area (Å²) < 4.78 is 0. The minimum Gasteiger partial charge on any atom is -0.389 e. The summed E-state index contributed by atoms with van der Waals surface area (Å²) in [5.74, 6) is 0.818. The van der Waals surface area contributed by atoms with Crippen LogP contribution in [0.4, 0.5) is 0 Å². The van der Waals surface area contributed by atoms with Gasteiger partial charge in [-0.05, 0) is 43.2 Å². The SMILES string of the molecule is CCC1CCC(O)(CNCc2c[nH]c3ccccc23)CC1. The number of aromatic nitrogens is 1. The van der Waals surface area contributed by atoms with E-state index in [1.54, 1.807) is 0 Å². The van der Waals surface area contributed by atoms with Crippen LogP contribution in [0.2, 0.25) is 0 Å². The number of fused-ring (bicyclic) bond motifs is 1. The van der Waals surface area contributed by atoms with Crippen molar-refractivity contribution < 1.29 is 5.11 Å². The molecule has 0 spiro atoms. The predicted octanol–water partition coefficient (Wildman–Crippen LogP) is 3.59. The van der Waals surface area contributed by atoms with Crippen molar-refractivity contribution in [3.05, 3.63) is 36.0 Å². The van der Waals surface area contributed by atoms with Gasteiger partial charge in [-0.3, -0.25) is 0 Å². The second-order valence-corrected chi connectivity index (χ2v) is 6.54. The van der Waals surface area contributed by atoms with Crippen LogP contribution in [-0.4, -0.2) is 22.2 Å². The maximum Gasteiger partial charge on any atom is 0.0771 e. The lowest BCUT2D eigenvalue weighted by molar-refractivity contribution is -0.00879. The Morgan fingerprint density at radius 2 is 2.05 bits per heavy atom. The normalized spacial score (nSPS) is 26.3. The number of aliphatic hydroxyl groups is 1. The molecule has 1 aliphatic rings. The van der Waals surface area contributed by atoms with E-state index in [1.165, 1.54) is 35.7 Å². The average Bonchev–Trinajstić information content (AvgIpc) is 2.92. The fourth-order valence-electron chi connectivity index (χ4n) is 3.51. The summed E-state index contributed by atoms with van der Waals surface area (Å²) in [4.78, 5) is 3.30. The van der Waals surface area contributed by atoms with Crippen LogP contribution >= 0.6 is 0 Å². The number of hydrogen-bond acceptors (Lipinski definition) is 2. The molecule has 0 radical (unpaired) electrons. The van der Waals surface area contributed by atoms with Gasteiger partial charge in [0.25, 0.3) is 0 Å². The van der Waals surface area contributed by atoms with Crippen LogP contribution in [0.1, 0.15) is 44.6 Å². The van der Waals surface area contributed by atoms with Crippen LogP contribution in [0.5, 0.6) is 0 Å². The first-order valence-electron chi connectivity index (χ1n) is 8.18. The third-order valence-electron chi connectivity index (χ3n) is 5.06. The third-order valence-corrected chi connectivity index (χ3v) is 5.06. The average molecular weight is 286 g/mol. The summed E-state index contributed by atoms with van der Waals surface area (Å²) in [5.41, 5.74) is 1.95. The molecule has 21 heavy (non-hydrogen) atoms. The number of para-hydroxylation sites is 1. The summed E-state index contributed by atoms with van der Waals surface area (Å²) >= 11 is 0. The topological polar surface area (TPSA) is 48.0 Å². The lowest BCUT2D eigenvalue weighted by Crippen LogP contribution is -2.43. The van der Waals surface area contributed by atoms with Crippen molar-refractivity contribution in [2.24, 2.45) is 5.92 Å². The van der Waals surface area contributed by atoms with E-state index >= 15 is 0 Å². The first kappa shape index (κ1) is 14.6. The highest BCUT2D eigenvalue weighted by Crippen LogP contribution is 2.33. The van der Waals surface area contributed by atoms with Crippen LogP contribution in [0.3, 0.4) is 0 Å². The maximum absolute atomic E-state index is 10.7. The van der Waals surface area contributed by atoms with E-state index in [9.17, 15) is 5.11 Å². The van der Waals surface area contributed by atoms with Crippen molar-refractivity contribution in [2.75, 3.05) is 6.54 Å². The van der Waals surface area contributed by atoms with E-state index in [-0.39, 0.29) is 0 Å². The van der Waals surface area contributed by atoms with Crippen molar-refractivity contribution >= 4 is 10.9 Å². The number of rotatable bonds is 5. The number of nitrogens with one attached hydrogen (secondary N) is 2. The molecule has 0 amide bonds. The fourth-order valence-corrected chi connectivity index (χ4v) is 3.51. The van der Waals surface area contributed by atoms with E-state index in [4.69, 9.17) is 0 Å². The second-order valence-electron chi connectivity index (χ2n) is 6.54. The summed E-state index contributed by atoms with van der Waals surface area (Å²) in [6.45, 7) is 3.76. The molecule has 0 aliphatic heterocycles. The van der Waals surface area contributed by atoms with Crippen LogP contribution in [-0.2, 0) is 6.54 Å². The standard InChI is InChI=1S/C18H26N2O/c1-2-14-7-9-18(21,10-8-14)13-19-11-15-12-20-17-6-4-3-5-16(15)17/h3-6,12,14,19-21H,2,7-11,13H2,1H3. The van der Waals surface area contributed by atoms with Crippen LogP contribution < -0.4 is 5.32 Å². The lowest BCUT2D eigenvalue weighted by atomic mass is 9.78. The largest absolute Gasteiger partial charge is 0.389 e. The quantitative estimate of drug-likeness (QED) is 0.786. The predicted molar refractivity (Wildman–Crippen MR) is 87.2 cm³/mol. The van der Waals surface area contributed by atoms with Gasteiger partial charge in [0, 0.05) is 30.2 Å². The molecule has 3 heteroatoms. The maximum atomic E-state index is 10.7. The van der Waals surface area contributed by atoms with Crippen LogP contribution in [0.25, 0.3) is 10.9 Å². The van der Waals surface area contributed by atoms with Crippen molar-refractivity contribution in [1.29, 1.82) is 0 Å². The monoisotopic (exact) mass is 286 g/mol. The van der Waals surface area contributed by atoms with Crippen molar-refractivity contribution in [3.63, 3.8) is 0 Å². The summed E-state index contributed by atoms with van der Waals surface area (Å²) in [6, 6.07) is 8.35. The molecule has 1 aliphatic carbocycles. The Kier molecular flexibility index (Phi) is 4.32. The second kappa shape index (κ2) is 6.20. The molecule has 3 rings (SSSR count). The third kappa shape index (κ3) is 3.30. The van der Waals surface area contributed by atoms with E-state index in [1.807, 2.05) is 6.07 Å². The van der Waals surface area contributed by atoms with Gasteiger partial charge >= 0.3 is 0 Å².